The van der Waals surface area contributed by atoms with Crippen molar-refractivity contribution >= 4 is 81.9 Å². The lowest BCUT2D eigenvalue weighted by molar-refractivity contribution is 0.667. The SMILES string of the molecule is Brc1ccc2oc3c(-c4cccc5oc6ccc(-c7ccc8oc9ccccc9c8c7)cc6c45)nc(-c4ccccc4)nc3c2c1. The van der Waals surface area contributed by atoms with Crippen LogP contribution in [0.2, 0.25) is 0 Å². The minimum Gasteiger partial charge on any atom is -0.456 e. The van der Waals surface area contributed by atoms with Crippen LogP contribution in [-0.4, -0.2) is 9.97 Å². The third-order valence-corrected chi connectivity index (χ3v) is 9.26. The van der Waals surface area contributed by atoms with E-state index < -0.39 is 0 Å². The van der Waals surface area contributed by atoms with Gasteiger partial charge in [0.25, 0.3) is 0 Å². The summed E-state index contributed by atoms with van der Waals surface area (Å²) in [7, 11) is 0. The van der Waals surface area contributed by atoms with Crippen molar-refractivity contribution in [1.29, 1.82) is 0 Å². The number of hydrogen-bond donors (Lipinski definition) is 0. The second-order valence-electron chi connectivity index (χ2n) is 11.5. The summed E-state index contributed by atoms with van der Waals surface area (Å²) in [6, 6.07) is 43.1. The molecule has 0 aliphatic heterocycles. The maximum atomic E-state index is 6.50. The van der Waals surface area contributed by atoms with Crippen molar-refractivity contribution in [2.24, 2.45) is 0 Å². The normalized spacial score (nSPS) is 12.0. The van der Waals surface area contributed by atoms with Gasteiger partial charge >= 0.3 is 0 Å². The van der Waals surface area contributed by atoms with E-state index in [0.29, 0.717) is 11.4 Å². The number of nitrogens with zero attached hydrogens (tertiary/aromatic N) is 2. The van der Waals surface area contributed by atoms with Crippen molar-refractivity contribution in [3.63, 3.8) is 0 Å². The molecule has 0 aliphatic rings. The Hall–Kier alpha value is -5.72. The lowest BCUT2D eigenvalue weighted by atomic mass is 9.98. The smallest absolute Gasteiger partial charge is 0.180 e. The van der Waals surface area contributed by atoms with Crippen LogP contribution in [0.3, 0.4) is 0 Å². The van der Waals surface area contributed by atoms with E-state index in [1.165, 1.54) is 0 Å². The van der Waals surface area contributed by atoms with Crippen molar-refractivity contribution in [2.45, 2.75) is 0 Å². The van der Waals surface area contributed by atoms with Gasteiger partial charge in [-0.3, -0.25) is 0 Å². The number of benzene rings is 6. The number of fused-ring (bicyclic) bond motifs is 9. The largest absolute Gasteiger partial charge is 0.456 e. The Balaban J connectivity index is 1.24. The third-order valence-electron chi connectivity index (χ3n) is 8.77. The van der Waals surface area contributed by atoms with Gasteiger partial charge in [0.05, 0.1) is 0 Å². The van der Waals surface area contributed by atoms with E-state index in [1.807, 2.05) is 78.9 Å². The molecule has 0 radical (unpaired) electrons. The highest BCUT2D eigenvalue weighted by Crippen LogP contribution is 2.43. The molecule has 0 aliphatic carbocycles. The average Bonchev–Trinajstić information content (AvgIpc) is 3.78. The van der Waals surface area contributed by atoms with Crippen molar-refractivity contribution < 1.29 is 13.3 Å². The molecule has 0 saturated heterocycles. The van der Waals surface area contributed by atoms with Crippen molar-refractivity contribution in [3.8, 4) is 33.8 Å². The van der Waals surface area contributed by atoms with E-state index in [0.717, 1.165) is 92.8 Å². The number of furan rings is 3. The quantitative estimate of drug-likeness (QED) is 0.189. The topological polar surface area (TPSA) is 65.2 Å². The van der Waals surface area contributed by atoms with E-state index >= 15 is 0 Å². The van der Waals surface area contributed by atoms with Gasteiger partial charge in [-0.25, -0.2) is 9.97 Å². The predicted octanol–water partition coefficient (Wildman–Crippen LogP) is 11.9. The number of halogens is 1. The summed E-state index contributed by atoms with van der Waals surface area (Å²) in [5.41, 5.74) is 10.3. The van der Waals surface area contributed by atoms with Gasteiger partial charge in [0.2, 0.25) is 0 Å². The zero-order chi connectivity index (χ0) is 30.4. The molecule has 0 amide bonds. The Kier molecular flexibility index (Phi) is 5.36. The van der Waals surface area contributed by atoms with Crippen LogP contribution < -0.4 is 0 Å². The molecule has 0 bridgehead atoms. The van der Waals surface area contributed by atoms with Gasteiger partial charge < -0.3 is 13.3 Å². The molecular weight excluding hydrogens is 636 g/mol. The van der Waals surface area contributed by atoms with Gasteiger partial charge in [-0.05, 0) is 65.7 Å². The molecule has 46 heavy (non-hydrogen) atoms. The third kappa shape index (κ3) is 3.80. The molecule has 10 rings (SSSR count). The number of aromatic nitrogens is 2. The van der Waals surface area contributed by atoms with E-state index in [-0.39, 0.29) is 0 Å². The first-order valence-corrected chi connectivity index (χ1v) is 15.8. The van der Waals surface area contributed by atoms with Crippen LogP contribution in [0, 0.1) is 0 Å². The van der Waals surface area contributed by atoms with Crippen LogP contribution >= 0.6 is 15.9 Å². The number of para-hydroxylation sites is 1. The van der Waals surface area contributed by atoms with E-state index in [9.17, 15) is 0 Å². The minimum atomic E-state index is 0.636. The number of rotatable bonds is 3. The average molecular weight is 658 g/mol. The van der Waals surface area contributed by atoms with Gasteiger partial charge in [0, 0.05) is 42.5 Å². The molecule has 0 unspecified atom stereocenters. The molecule has 4 heterocycles. The Labute approximate surface area is 269 Å². The van der Waals surface area contributed by atoms with E-state index in [4.69, 9.17) is 23.2 Å². The molecule has 0 spiro atoms. The Morgan fingerprint density at radius 1 is 0.457 bits per heavy atom. The molecule has 6 heteroatoms. The maximum Gasteiger partial charge on any atom is 0.180 e. The summed E-state index contributed by atoms with van der Waals surface area (Å²) in [5.74, 6) is 0.636. The summed E-state index contributed by atoms with van der Waals surface area (Å²) in [6.45, 7) is 0. The Morgan fingerprint density at radius 3 is 2.00 bits per heavy atom. The molecule has 216 valence electrons. The molecular formula is C40H21BrN2O3. The summed E-state index contributed by atoms with van der Waals surface area (Å²) in [5, 5.41) is 5.12. The fraction of sp³-hybridized carbons (Fsp3) is 0. The Bertz CT molecular complexity index is 2830. The lowest BCUT2D eigenvalue weighted by Gasteiger charge is -2.08. The Morgan fingerprint density at radius 2 is 1.13 bits per heavy atom. The molecule has 10 aromatic rings. The first-order chi connectivity index (χ1) is 22.7. The fourth-order valence-electron chi connectivity index (χ4n) is 6.62. The minimum absolute atomic E-state index is 0.636. The monoisotopic (exact) mass is 656 g/mol. The van der Waals surface area contributed by atoms with Crippen molar-refractivity contribution in [3.05, 3.63) is 132 Å². The van der Waals surface area contributed by atoms with Gasteiger partial charge in [-0.15, -0.1) is 0 Å². The standard InChI is InChI=1S/C40H21BrN2O3/c41-25-15-18-34-30(21-25)38-39(46-34)37(42-40(43-38)22-7-2-1-3-8-22)27-10-6-12-35-36(27)29-20-24(14-17-33(29)45-35)23-13-16-32-28(19-23)26-9-4-5-11-31(26)44-32/h1-21H. The number of hydrogen-bond acceptors (Lipinski definition) is 5. The van der Waals surface area contributed by atoms with Crippen LogP contribution in [0.5, 0.6) is 0 Å². The fourth-order valence-corrected chi connectivity index (χ4v) is 6.99. The van der Waals surface area contributed by atoms with E-state index in [1.54, 1.807) is 0 Å². The zero-order valence-corrected chi connectivity index (χ0v) is 25.7. The molecule has 0 saturated carbocycles. The molecule has 4 aromatic heterocycles. The maximum absolute atomic E-state index is 6.50. The predicted molar refractivity (Wildman–Crippen MR) is 188 cm³/mol. The second kappa shape index (κ2) is 9.64. The molecule has 5 nitrogen and oxygen atoms in total. The lowest BCUT2D eigenvalue weighted by Crippen LogP contribution is -1.94. The molecule has 0 N–H and O–H groups in total. The molecule has 6 aromatic carbocycles. The molecule has 0 fully saturated rings. The highest BCUT2D eigenvalue weighted by atomic mass is 79.9. The van der Waals surface area contributed by atoms with Gasteiger partial charge in [0.1, 0.15) is 39.1 Å². The van der Waals surface area contributed by atoms with Crippen molar-refractivity contribution in [1.82, 2.24) is 9.97 Å². The van der Waals surface area contributed by atoms with E-state index in [2.05, 4.69) is 64.5 Å². The second-order valence-corrected chi connectivity index (χ2v) is 12.4. The summed E-state index contributed by atoms with van der Waals surface area (Å²) < 4.78 is 20.0. The first kappa shape index (κ1) is 25.6. The van der Waals surface area contributed by atoms with Crippen LogP contribution in [0.4, 0.5) is 0 Å². The summed E-state index contributed by atoms with van der Waals surface area (Å²) >= 11 is 3.63. The van der Waals surface area contributed by atoms with Crippen molar-refractivity contribution in [2.75, 3.05) is 0 Å². The van der Waals surface area contributed by atoms with Gasteiger partial charge in [-0.2, -0.15) is 0 Å². The van der Waals surface area contributed by atoms with Crippen LogP contribution in [-0.2, 0) is 0 Å². The highest BCUT2D eigenvalue weighted by Gasteiger charge is 2.22. The van der Waals surface area contributed by atoms with Gasteiger partial charge in [0.15, 0.2) is 11.4 Å². The summed E-state index contributed by atoms with van der Waals surface area (Å²) in [6.07, 6.45) is 0. The van der Waals surface area contributed by atoms with Gasteiger partial charge in [-0.1, -0.05) is 88.7 Å². The van der Waals surface area contributed by atoms with Crippen LogP contribution in [0.1, 0.15) is 0 Å². The van der Waals surface area contributed by atoms with Crippen LogP contribution in [0.25, 0.3) is 99.7 Å². The molecule has 0 atom stereocenters. The zero-order valence-electron chi connectivity index (χ0n) is 24.1. The van der Waals surface area contributed by atoms with Crippen LogP contribution in [0.15, 0.2) is 145 Å². The summed E-state index contributed by atoms with van der Waals surface area (Å²) in [4.78, 5) is 10.2. The first-order valence-electron chi connectivity index (χ1n) is 15.0. The highest BCUT2D eigenvalue weighted by molar-refractivity contribution is 9.10.